The maximum absolute atomic E-state index is 5.48. The summed E-state index contributed by atoms with van der Waals surface area (Å²) in [6, 6.07) is 28.4. The van der Waals surface area contributed by atoms with Gasteiger partial charge in [-0.15, -0.1) is 0 Å². The molecule has 3 nitrogen and oxygen atoms in total. The Bertz CT molecular complexity index is 1090. The Morgan fingerprint density at radius 2 is 1.43 bits per heavy atom. The molecule has 3 heterocycles. The van der Waals surface area contributed by atoms with Crippen LogP contribution in [0.1, 0.15) is 12.1 Å². The first kappa shape index (κ1) is 19.1. The van der Waals surface area contributed by atoms with Gasteiger partial charge in [0.2, 0.25) is 0 Å². The highest BCUT2D eigenvalue weighted by molar-refractivity contribution is 5.76. The van der Waals surface area contributed by atoms with Crippen molar-refractivity contribution in [3.63, 3.8) is 0 Å². The predicted octanol–water partition coefficient (Wildman–Crippen LogP) is 5.54. The molecule has 5 rings (SSSR count). The molecule has 0 radical (unpaired) electrons. The molecule has 1 fully saturated rings. The number of rotatable bonds is 6. The zero-order valence-electron chi connectivity index (χ0n) is 17.3. The minimum absolute atomic E-state index is 0.868. The highest BCUT2D eigenvalue weighted by Gasteiger charge is 2.14. The summed E-state index contributed by atoms with van der Waals surface area (Å²) >= 11 is 0. The van der Waals surface area contributed by atoms with E-state index in [1.165, 1.54) is 33.5 Å². The molecule has 0 spiro atoms. The average Bonchev–Trinajstić information content (AvgIpc) is 3.19. The van der Waals surface area contributed by atoms with Crippen LogP contribution in [0.4, 0.5) is 0 Å². The third-order valence-electron chi connectivity index (χ3n) is 6.08. The quantitative estimate of drug-likeness (QED) is 0.426. The van der Waals surface area contributed by atoms with Crippen LogP contribution in [0.15, 0.2) is 85.1 Å². The van der Waals surface area contributed by atoms with Crippen LogP contribution in [0.25, 0.3) is 27.8 Å². The summed E-state index contributed by atoms with van der Waals surface area (Å²) in [5.41, 5.74) is 7.84. The minimum Gasteiger partial charge on any atom is -0.379 e. The number of benzene rings is 2. The fourth-order valence-corrected chi connectivity index (χ4v) is 4.45. The zero-order valence-corrected chi connectivity index (χ0v) is 17.3. The Hall–Kier alpha value is -2.88. The van der Waals surface area contributed by atoms with Crippen LogP contribution in [0, 0.1) is 0 Å². The van der Waals surface area contributed by atoms with Crippen molar-refractivity contribution >= 4 is 5.52 Å². The summed E-state index contributed by atoms with van der Waals surface area (Å²) in [6.45, 7) is 4.99. The standard InChI is InChI=1S/C27H28N2O/c1-2-7-22(8-3-1)23-11-13-24(14-12-23)26-21-25-9-4-5-16-29(25)27(26)10-6-15-28-17-19-30-20-18-28/h1-5,7-9,11-14,16,21H,6,10,15,17-20H2. The van der Waals surface area contributed by atoms with Crippen LogP contribution in [-0.2, 0) is 11.2 Å². The van der Waals surface area contributed by atoms with E-state index in [2.05, 4.69) is 94.4 Å². The Kier molecular flexibility index (Phi) is 5.65. The van der Waals surface area contributed by atoms with E-state index >= 15 is 0 Å². The van der Waals surface area contributed by atoms with Gasteiger partial charge in [0, 0.05) is 36.1 Å². The highest BCUT2D eigenvalue weighted by Crippen LogP contribution is 2.31. The molecule has 0 atom stereocenters. The van der Waals surface area contributed by atoms with Crippen LogP contribution < -0.4 is 0 Å². The monoisotopic (exact) mass is 396 g/mol. The van der Waals surface area contributed by atoms with Crippen LogP contribution in [0.2, 0.25) is 0 Å². The van der Waals surface area contributed by atoms with E-state index in [0.717, 1.165) is 45.7 Å². The maximum atomic E-state index is 5.48. The van der Waals surface area contributed by atoms with Crippen molar-refractivity contribution < 1.29 is 4.74 Å². The summed E-state index contributed by atoms with van der Waals surface area (Å²) in [7, 11) is 0. The Morgan fingerprint density at radius 3 is 2.23 bits per heavy atom. The molecule has 2 aromatic heterocycles. The van der Waals surface area contributed by atoms with E-state index < -0.39 is 0 Å². The molecule has 0 unspecified atom stereocenters. The average molecular weight is 397 g/mol. The summed E-state index contributed by atoms with van der Waals surface area (Å²) in [5.74, 6) is 0. The number of hydrogen-bond acceptors (Lipinski definition) is 2. The second-order valence-electron chi connectivity index (χ2n) is 8.00. The van der Waals surface area contributed by atoms with Gasteiger partial charge < -0.3 is 9.14 Å². The number of nitrogens with zero attached hydrogens (tertiary/aromatic N) is 2. The molecule has 0 amide bonds. The lowest BCUT2D eigenvalue weighted by Crippen LogP contribution is -2.37. The second kappa shape index (κ2) is 8.86. The second-order valence-corrected chi connectivity index (χ2v) is 8.00. The van der Waals surface area contributed by atoms with Crippen LogP contribution in [-0.4, -0.2) is 42.1 Å². The highest BCUT2D eigenvalue weighted by atomic mass is 16.5. The van der Waals surface area contributed by atoms with Gasteiger partial charge in [0.05, 0.1) is 13.2 Å². The van der Waals surface area contributed by atoms with Gasteiger partial charge in [0.1, 0.15) is 0 Å². The smallest absolute Gasteiger partial charge is 0.0594 e. The summed E-state index contributed by atoms with van der Waals surface area (Å²) in [4.78, 5) is 2.52. The molecular weight excluding hydrogens is 368 g/mol. The molecule has 1 saturated heterocycles. The normalized spacial score (nSPS) is 14.9. The maximum Gasteiger partial charge on any atom is 0.0594 e. The number of hydrogen-bond donors (Lipinski definition) is 0. The molecule has 0 N–H and O–H groups in total. The molecule has 3 heteroatoms. The van der Waals surface area contributed by atoms with E-state index in [1.54, 1.807) is 0 Å². The largest absolute Gasteiger partial charge is 0.379 e. The molecule has 30 heavy (non-hydrogen) atoms. The molecule has 2 aromatic carbocycles. The van der Waals surface area contributed by atoms with Crippen molar-refractivity contribution in [2.24, 2.45) is 0 Å². The number of ether oxygens (including phenoxy) is 1. The van der Waals surface area contributed by atoms with Crippen molar-refractivity contribution in [3.8, 4) is 22.3 Å². The van der Waals surface area contributed by atoms with Crippen molar-refractivity contribution in [2.75, 3.05) is 32.8 Å². The van der Waals surface area contributed by atoms with Crippen molar-refractivity contribution in [2.45, 2.75) is 12.8 Å². The number of aromatic nitrogens is 1. The van der Waals surface area contributed by atoms with Gasteiger partial charge in [-0.2, -0.15) is 0 Å². The number of pyridine rings is 1. The Labute approximate surface area is 178 Å². The summed E-state index contributed by atoms with van der Waals surface area (Å²) in [6.07, 6.45) is 4.43. The number of fused-ring (bicyclic) bond motifs is 1. The van der Waals surface area contributed by atoms with Gasteiger partial charge >= 0.3 is 0 Å². The van der Waals surface area contributed by atoms with E-state index in [-0.39, 0.29) is 0 Å². The van der Waals surface area contributed by atoms with E-state index in [9.17, 15) is 0 Å². The first-order valence-corrected chi connectivity index (χ1v) is 10.9. The molecule has 0 aliphatic carbocycles. The molecule has 1 aliphatic rings. The van der Waals surface area contributed by atoms with Gasteiger partial charge in [-0.05, 0) is 54.3 Å². The first-order chi connectivity index (χ1) is 14.9. The number of morpholine rings is 1. The Morgan fingerprint density at radius 1 is 0.733 bits per heavy atom. The third-order valence-corrected chi connectivity index (χ3v) is 6.08. The van der Waals surface area contributed by atoms with Crippen molar-refractivity contribution in [1.29, 1.82) is 0 Å². The van der Waals surface area contributed by atoms with Gasteiger partial charge in [-0.1, -0.05) is 60.7 Å². The van der Waals surface area contributed by atoms with Crippen molar-refractivity contribution in [1.82, 2.24) is 9.30 Å². The van der Waals surface area contributed by atoms with Gasteiger partial charge in [-0.3, -0.25) is 4.90 Å². The van der Waals surface area contributed by atoms with Gasteiger partial charge in [-0.25, -0.2) is 0 Å². The van der Waals surface area contributed by atoms with Crippen LogP contribution >= 0.6 is 0 Å². The molecule has 4 aromatic rings. The van der Waals surface area contributed by atoms with Crippen LogP contribution in [0.3, 0.4) is 0 Å². The van der Waals surface area contributed by atoms with E-state index in [1.807, 2.05) is 0 Å². The van der Waals surface area contributed by atoms with Crippen LogP contribution in [0.5, 0.6) is 0 Å². The first-order valence-electron chi connectivity index (χ1n) is 10.9. The zero-order chi connectivity index (χ0) is 20.2. The predicted molar refractivity (Wildman–Crippen MR) is 124 cm³/mol. The molecule has 152 valence electrons. The molecule has 1 aliphatic heterocycles. The molecule has 0 saturated carbocycles. The van der Waals surface area contributed by atoms with E-state index in [0.29, 0.717) is 0 Å². The molecular formula is C27H28N2O. The fraction of sp³-hybridized carbons (Fsp3) is 0.259. The lowest BCUT2D eigenvalue weighted by Gasteiger charge is -2.26. The van der Waals surface area contributed by atoms with Gasteiger partial charge in [0.25, 0.3) is 0 Å². The fourth-order valence-electron chi connectivity index (χ4n) is 4.45. The summed E-state index contributed by atoms with van der Waals surface area (Å²) in [5, 5.41) is 0. The topological polar surface area (TPSA) is 16.9 Å². The van der Waals surface area contributed by atoms with Crippen molar-refractivity contribution in [3.05, 3.63) is 90.8 Å². The number of aryl methyl sites for hydroxylation is 1. The lowest BCUT2D eigenvalue weighted by molar-refractivity contribution is 0.0374. The molecule has 0 bridgehead atoms. The lowest BCUT2D eigenvalue weighted by atomic mass is 9.99. The van der Waals surface area contributed by atoms with E-state index in [4.69, 9.17) is 4.74 Å². The Balaban J connectivity index is 1.41. The SMILES string of the molecule is c1ccc(-c2ccc(-c3cc4ccccn4c3CCCN3CCOCC3)cc2)cc1. The third kappa shape index (κ3) is 4.04. The van der Waals surface area contributed by atoms with Gasteiger partial charge in [0.15, 0.2) is 0 Å². The minimum atomic E-state index is 0.868. The summed E-state index contributed by atoms with van der Waals surface area (Å²) < 4.78 is 7.84.